The van der Waals surface area contributed by atoms with Crippen LogP contribution in [0.15, 0.2) is 72.8 Å². The molecule has 5 nitrogen and oxygen atoms in total. The van der Waals surface area contributed by atoms with E-state index in [9.17, 15) is 14.4 Å². The van der Waals surface area contributed by atoms with Crippen molar-refractivity contribution in [2.45, 2.75) is 19.5 Å². The van der Waals surface area contributed by atoms with Crippen molar-refractivity contribution in [3.63, 3.8) is 0 Å². The summed E-state index contributed by atoms with van der Waals surface area (Å²) in [5.74, 6) is -0.506. The topological polar surface area (TPSA) is 67.7 Å². The van der Waals surface area contributed by atoms with Gasteiger partial charge in [0.05, 0.1) is 7.05 Å². The van der Waals surface area contributed by atoms with Crippen molar-refractivity contribution in [1.82, 2.24) is 0 Å². The van der Waals surface area contributed by atoms with Gasteiger partial charge >= 0.3 is 0 Å². The number of amides is 1. The second kappa shape index (κ2) is 8.05. The van der Waals surface area contributed by atoms with Crippen LogP contribution in [0.5, 0.6) is 0 Å². The van der Waals surface area contributed by atoms with Gasteiger partial charge in [0.2, 0.25) is 0 Å². The van der Waals surface area contributed by atoms with E-state index in [0.717, 1.165) is 17.0 Å². The predicted octanol–water partition coefficient (Wildman–Crippen LogP) is 2.50. The summed E-state index contributed by atoms with van der Waals surface area (Å²) >= 11 is 0. The lowest BCUT2D eigenvalue weighted by molar-refractivity contribution is -0.907. The maximum Gasteiger partial charge on any atom is 0.282 e. The fourth-order valence-corrected chi connectivity index (χ4v) is 3.72. The van der Waals surface area contributed by atoms with Gasteiger partial charge in [-0.25, -0.2) is 0 Å². The molecule has 0 radical (unpaired) electrons. The number of carbonyl (C=O) groups excluding carboxylic acids is 3. The molecule has 0 fully saturated rings. The molecule has 1 unspecified atom stereocenters. The molecule has 5 heteroatoms. The summed E-state index contributed by atoms with van der Waals surface area (Å²) in [6.07, 6.45) is 0. The van der Waals surface area contributed by atoms with Gasteiger partial charge in [0.1, 0.15) is 6.54 Å². The zero-order valence-corrected chi connectivity index (χ0v) is 16.9. The zero-order chi connectivity index (χ0) is 21.3. The predicted molar refractivity (Wildman–Crippen MR) is 115 cm³/mol. The average Bonchev–Trinajstić information content (AvgIpc) is 2.77. The third-order valence-corrected chi connectivity index (χ3v) is 5.65. The van der Waals surface area contributed by atoms with E-state index in [0.29, 0.717) is 27.9 Å². The molecule has 0 saturated heterocycles. The lowest BCUT2D eigenvalue weighted by atomic mass is 9.84. The first-order valence-corrected chi connectivity index (χ1v) is 9.95. The molecule has 1 aliphatic rings. The molecule has 0 saturated carbocycles. The van der Waals surface area contributed by atoms with Crippen molar-refractivity contribution in [3.8, 4) is 0 Å². The first-order chi connectivity index (χ1) is 14.5. The highest BCUT2D eigenvalue weighted by molar-refractivity contribution is 6.28. The number of nitrogens with one attached hydrogen (secondary N) is 2. The molecule has 2 atom stereocenters. The highest BCUT2D eigenvalue weighted by Crippen LogP contribution is 2.29. The Balaban J connectivity index is 1.51. The van der Waals surface area contributed by atoms with Gasteiger partial charge in [-0.05, 0) is 25.1 Å². The van der Waals surface area contributed by atoms with E-state index in [2.05, 4.69) is 5.32 Å². The molecule has 2 N–H and O–H groups in total. The van der Waals surface area contributed by atoms with Gasteiger partial charge in [0, 0.05) is 33.5 Å². The molecule has 0 bridgehead atoms. The molecule has 3 aromatic carbocycles. The Kier molecular flexibility index (Phi) is 5.29. The second-order valence-corrected chi connectivity index (χ2v) is 7.68. The van der Waals surface area contributed by atoms with Crippen LogP contribution in [0.1, 0.15) is 44.3 Å². The average molecular weight is 399 g/mol. The van der Waals surface area contributed by atoms with Gasteiger partial charge in [0.15, 0.2) is 17.6 Å². The molecule has 4 rings (SSSR count). The van der Waals surface area contributed by atoms with Gasteiger partial charge in [-0.15, -0.1) is 0 Å². The van der Waals surface area contributed by atoms with E-state index < -0.39 is 0 Å². The molecule has 1 aliphatic carbocycles. The fraction of sp³-hybridized carbons (Fsp3) is 0.160. The first kappa shape index (κ1) is 19.7. The number of ketones is 2. The van der Waals surface area contributed by atoms with Crippen molar-refractivity contribution in [2.75, 3.05) is 12.4 Å². The fourth-order valence-electron chi connectivity index (χ4n) is 3.72. The van der Waals surface area contributed by atoms with Crippen LogP contribution in [-0.4, -0.2) is 30.6 Å². The third-order valence-electron chi connectivity index (χ3n) is 5.65. The van der Waals surface area contributed by atoms with Crippen LogP contribution in [0.25, 0.3) is 0 Å². The Morgan fingerprint density at radius 3 is 2.07 bits per heavy atom. The molecular weight excluding hydrogens is 376 g/mol. The highest BCUT2D eigenvalue weighted by Gasteiger charge is 2.30. The molecule has 150 valence electrons. The summed E-state index contributed by atoms with van der Waals surface area (Å²) in [5.41, 5.74) is 3.20. The number of hydrogen-bond acceptors (Lipinski definition) is 3. The van der Waals surface area contributed by atoms with Crippen LogP contribution in [-0.2, 0) is 11.3 Å². The number of likely N-dealkylation sites (N-methyl/N-ethyl adjacent to an activating group) is 1. The zero-order valence-electron chi connectivity index (χ0n) is 16.9. The highest BCUT2D eigenvalue weighted by atomic mass is 16.2. The van der Waals surface area contributed by atoms with Crippen molar-refractivity contribution < 1.29 is 19.3 Å². The smallest absolute Gasteiger partial charge is 0.282 e. The summed E-state index contributed by atoms with van der Waals surface area (Å²) in [7, 11) is 1.98. The van der Waals surface area contributed by atoms with Crippen LogP contribution in [0.2, 0.25) is 0 Å². The second-order valence-electron chi connectivity index (χ2n) is 7.68. The molecular formula is C25H23N2O3+. The van der Waals surface area contributed by atoms with Crippen molar-refractivity contribution in [1.29, 1.82) is 0 Å². The quantitative estimate of drug-likeness (QED) is 0.542. The van der Waals surface area contributed by atoms with Gasteiger partial charge in [-0.1, -0.05) is 54.6 Å². The maximum absolute atomic E-state index is 12.9. The number of hydrogen-bond donors (Lipinski definition) is 2. The van der Waals surface area contributed by atoms with Gasteiger partial charge < -0.3 is 10.2 Å². The van der Waals surface area contributed by atoms with Crippen LogP contribution in [0.3, 0.4) is 0 Å². The lowest BCUT2D eigenvalue weighted by Gasteiger charge is -2.22. The standard InChI is InChI=1S/C25H22N2O3/c1-16(27(2)15-17-8-4-3-5-9-17)25(30)26-18-12-13-21-22(14-18)24(29)20-11-7-6-10-19(20)23(21)28/h3-14,16H,15H2,1-2H3,(H,26,30)/p+1/t16-/m1/s1. The Labute approximate surface area is 175 Å². The molecule has 30 heavy (non-hydrogen) atoms. The van der Waals surface area contributed by atoms with Crippen molar-refractivity contribution in [2.24, 2.45) is 0 Å². The minimum atomic E-state index is -0.292. The van der Waals surface area contributed by atoms with Crippen molar-refractivity contribution >= 4 is 23.2 Å². The third kappa shape index (κ3) is 3.67. The Bertz CT molecular complexity index is 1140. The van der Waals surface area contributed by atoms with E-state index >= 15 is 0 Å². The van der Waals surface area contributed by atoms with Gasteiger partial charge in [0.25, 0.3) is 5.91 Å². The number of carbonyl (C=O) groups is 3. The number of benzene rings is 3. The monoisotopic (exact) mass is 399 g/mol. The summed E-state index contributed by atoms with van der Waals surface area (Å²) in [6, 6.07) is 21.4. The molecule has 0 heterocycles. The van der Waals surface area contributed by atoms with E-state index in [-0.39, 0.29) is 23.5 Å². The molecule has 1 amide bonds. The normalized spacial score (nSPS) is 14.5. The number of quaternary nitrogens is 1. The van der Waals surface area contributed by atoms with E-state index in [4.69, 9.17) is 0 Å². The summed E-state index contributed by atoms with van der Waals surface area (Å²) in [4.78, 5) is 39.4. The largest absolute Gasteiger partial charge is 0.324 e. The first-order valence-electron chi connectivity index (χ1n) is 9.95. The molecule has 0 aromatic heterocycles. The minimum Gasteiger partial charge on any atom is -0.324 e. The van der Waals surface area contributed by atoms with Crippen LogP contribution < -0.4 is 10.2 Å². The van der Waals surface area contributed by atoms with Crippen LogP contribution in [0, 0.1) is 0 Å². The summed E-state index contributed by atoms with van der Waals surface area (Å²) in [6.45, 7) is 2.60. The molecule has 3 aromatic rings. The molecule has 0 aliphatic heterocycles. The maximum atomic E-state index is 12.9. The van der Waals surface area contributed by atoms with Gasteiger partial charge in [-0.2, -0.15) is 0 Å². The number of anilines is 1. The van der Waals surface area contributed by atoms with E-state index in [1.807, 2.05) is 44.3 Å². The van der Waals surface area contributed by atoms with Gasteiger partial charge in [-0.3, -0.25) is 14.4 Å². The molecule has 0 spiro atoms. The van der Waals surface area contributed by atoms with Crippen molar-refractivity contribution in [3.05, 3.63) is 101 Å². The Morgan fingerprint density at radius 1 is 0.833 bits per heavy atom. The Hall–Kier alpha value is -3.57. The SMILES string of the molecule is C[C@H](C(=O)Nc1ccc2c(c1)C(=O)c1ccccc1C2=O)[NH+](C)Cc1ccccc1. The number of rotatable bonds is 5. The van der Waals surface area contributed by atoms with Crippen LogP contribution >= 0.6 is 0 Å². The van der Waals surface area contributed by atoms with E-state index in [1.165, 1.54) is 0 Å². The summed E-state index contributed by atoms with van der Waals surface area (Å²) < 4.78 is 0. The number of fused-ring (bicyclic) bond motifs is 2. The Morgan fingerprint density at radius 2 is 1.40 bits per heavy atom. The summed E-state index contributed by atoms with van der Waals surface area (Å²) in [5, 5.41) is 2.89. The van der Waals surface area contributed by atoms with Crippen LogP contribution in [0.4, 0.5) is 5.69 Å². The minimum absolute atomic E-state index is 0.140. The lowest BCUT2D eigenvalue weighted by Crippen LogP contribution is -3.12. The van der Waals surface area contributed by atoms with E-state index in [1.54, 1.807) is 42.5 Å².